The van der Waals surface area contributed by atoms with Gasteiger partial charge >= 0.3 is 0 Å². The lowest BCUT2D eigenvalue weighted by Crippen LogP contribution is -3.05. The first-order valence-electron chi connectivity index (χ1n) is 10.1. The first-order valence-corrected chi connectivity index (χ1v) is 10.9. The first-order chi connectivity index (χ1) is 13.9. The summed E-state index contributed by atoms with van der Waals surface area (Å²) in [5, 5.41) is 7.46. The second-order valence-corrected chi connectivity index (χ2v) is 8.71. The minimum absolute atomic E-state index is 0.0142. The summed E-state index contributed by atoms with van der Waals surface area (Å²) in [6.45, 7) is 8.93. The lowest BCUT2D eigenvalue weighted by molar-refractivity contribution is -0.858. The maximum atomic E-state index is 12.4. The lowest BCUT2D eigenvalue weighted by Gasteiger charge is -2.08. The Bertz CT molecular complexity index is 916. The molecule has 154 valence electrons. The van der Waals surface area contributed by atoms with E-state index in [1.54, 1.807) is 11.8 Å². The van der Waals surface area contributed by atoms with Crippen LogP contribution in [0.5, 0.6) is 0 Å². The molecule has 29 heavy (non-hydrogen) atoms. The Labute approximate surface area is 177 Å². The topological polar surface area (TPSA) is 62.3 Å². The second kappa shape index (κ2) is 9.41. The number of quaternary nitrogens is 1. The number of aromatic nitrogens is 2. The smallest absolute Gasteiger partial charge is 0.296 e. The number of amides is 1. The molecule has 0 bridgehead atoms. The van der Waals surface area contributed by atoms with Crippen molar-refractivity contribution in [3.63, 3.8) is 0 Å². The van der Waals surface area contributed by atoms with E-state index >= 15 is 0 Å². The molecule has 6 nitrogen and oxygen atoms in total. The van der Waals surface area contributed by atoms with Gasteiger partial charge in [0.2, 0.25) is 0 Å². The van der Waals surface area contributed by atoms with Crippen LogP contribution in [0.3, 0.4) is 0 Å². The maximum Gasteiger partial charge on any atom is 0.296 e. The standard InChI is InChI=1S/C22H29N5OS/c1-6-27-15(2)12-18(24-16(27)3)14-21-25-19-9-8-17(13-20(19)29-21)22(28)23-10-7-11-26(4)5/h8-9,12-14H,6-7,10-11H2,1-5H3,(H,23,28)/p+2. The average molecular weight is 414 g/mol. The van der Waals surface area contributed by atoms with E-state index in [1.165, 1.54) is 10.6 Å². The summed E-state index contributed by atoms with van der Waals surface area (Å²) >= 11 is 1.64. The summed E-state index contributed by atoms with van der Waals surface area (Å²) < 4.78 is 2.19. The largest absolute Gasteiger partial charge is 0.352 e. The molecule has 1 aliphatic heterocycles. The van der Waals surface area contributed by atoms with Crippen molar-refractivity contribution in [3.8, 4) is 0 Å². The Morgan fingerprint density at radius 3 is 2.79 bits per heavy atom. The van der Waals surface area contributed by atoms with Gasteiger partial charge in [-0.1, -0.05) is 11.8 Å². The fraction of sp³-hybridized carbons (Fsp3) is 0.409. The normalized spacial score (nSPS) is 14.2. The number of carbonyl (C=O) groups excluding carboxylic acids is 1. The number of thioether (sulfide) groups is 1. The molecule has 1 aromatic heterocycles. The van der Waals surface area contributed by atoms with Crippen LogP contribution < -0.4 is 20.1 Å². The molecule has 1 aromatic carbocycles. The molecular formula is C22H31N5OS+2. The molecule has 0 unspecified atom stereocenters. The molecule has 0 radical (unpaired) electrons. The molecule has 2 heterocycles. The van der Waals surface area contributed by atoms with Gasteiger partial charge in [0, 0.05) is 42.5 Å². The zero-order valence-corrected chi connectivity index (χ0v) is 18.7. The van der Waals surface area contributed by atoms with Gasteiger partial charge in [0.05, 0.1) is 37.9 Å². The molecule has 0 atom stereocenters. The summed E-state index contributed by atoms with van der Waals surface area (Å²) in [6, 6.07) is 7.91. The highest BCUT2D eigenvalue weighted by Gasteiger charge is 2.20. The first kappa shape index (κ1) is 21.3. The van der Waals surface area contributed by atoms with Crippen molar-refractivity contribution in [3.05, 3.63) is 52.1 Å². The quantitative estimate of drug-likeness (QED) is 0.478. The highest BCUT2D eigenvalue weighted by Crippen LogP contribution is 2.41. The number of aryl methyl sites for hydroxylation is 2. The molecule has 0 fully saturated rings. The van der Waals surface area contributed by atoms with E-state index in [1.807, 2.05) is 25.1 Å². The zero-order chi connectivity index (χ0) is 21.0. The van der Waals surface area contributed by atoms with E-state index in [-0.39, 0.29) is 5.91 Å². The molecule has 0 aliphatic carbocycles. The Morgan fingerprint density at radius 1 is 1.31 bits per heavy atom. The Hall–Kier alpha value is -2.38. The van der Waals surface area contributed by atoms with Gasteiger partial charge in [-0.25, -0.2) is 4.57 Å². The predicted molar refractivity (Wildman–Crippen MR) is 118 cm³/mol. The van der Waals surface area contributed by atoms with Crippen molar-refractivity contribution in [1.29, 1.82) is 0 Å². The van der Waals surface area contributed by atoms with Crippen LogP contribution in [-0.4, -0.2) is 38.1 Å². The fourth-order valence-electron chi connectivity index (χ4n) is 3.45. The van der Waals surface area contributed by atoms with Gasteiger partial charge in [0.15, 0.2) is 5.69 Å². The molecule has 0 saturated carbocycles. The van der Waals surface area contributed by atoms with E-state index in [2.05, 4.69) is 55.3 Å². The van der Waals surface area contributed by atoms with Gasteiger partial charge in [0.1, 0.15) is 5.69 Å². The number of hydrogen-bond acceptors (Lipinski definition) is 4. The van der Waals surface area contributed by atoms with Gasteiger partial charge in [-0.3, -0.25) is 4.79 Å². The zero-order valence-electron chi connectivity index (χ0n) is 17.9. The second-order valence-electron chi connectivity index (χ2n) is 7.63. The Morgan fingerprint density at radius 2 is 2.10 bits per heavy atom. The van der Waals surface area contributed by atoms with Crippen LogP contribution in [-0.2, 0) is 6.54 Å². The van der Waals surface area contributed by atoms with Gasteiger partial charge in [-0.15, -0.1) is 0 Å². The molecule has 0 spiro atoms. The van der Waals surface area contributed by atoms with Gasteiger partial charge < -0.3 is 15.5 Å². The van der Waals surface area contributed by atoms with Gasteiger partial charge in [0.25, 0.3) is 11.7 Å². The van der Waals surface area contributed by atoms with Crippen molar-refractivity contribution >= 4 is 29.4 Å². The van der Waals surface area contributed by atoms with Crippen molar-refractivity contribution in [2.75, 3.05) is 32.5 Å². The van der Waals surface area contributed by atoms with Crippen LogP contribution in [0, 0.1) is 13.8 Å². The van der Waals surface area contributed by atoms with E-state index in [9.17, 15) is 4.79 Å². The molecular weight excluding hydrogens is 382 g/mol. The number of benzene rings is 1. The number of fused-ring (bicyclic) bond motifs is 1. The van der Waals surface area contributed by atoms with Crippen molar-refractivity contribution in [1.82, 2.24) is 10.3 Å². The predicted octanol–water partition coefficient (Wildman–Crippen LogP) is 1.79. The van der Waals surface area contributed by atoms with Crippen LogP contribution in [0.25, 0.3) is 6.08 Å². The summed E-state index contributed by atoms with van der Waals surface area (Å²) in [7, 11) is 4.24. The molecule has 3 N–H and O–H groups in total. The van der Waals surface area contributed by atoms with Gasteiger partial charge in [-0.05, 0) is 37.0 Å². The van der Waals surface area contributed by atoms with E-state index in [0.717, 1.165) is 46.6 Å². The monoisotopic (exact) mass is 413 g/mol. The molecule has 0 saturated heterocycles. The fourth-order valence-corrected chi connectivity index (χ4v) is 4.45. The van der Waals surface area contributed by atoms with E-state index in [4.69, 9.17) is 4.98 Å². The maximum absolute atomic E-state index is 12.4. The number of nitrogens with zero attached hydrogens (tertiary/aromatic N) is 2. The third kappa shape index (κ3) is 5.36. The SMILES string of the molecule is CC[n+]1c(C)cc(/C=C2\Nc3ccc(C(=O)NCCC[NH+](C)C)cc3S2)nc1C. The Balaban J connectivity index is 1.68. The number of anilines is 1. The molecule has 2 aromatic rings. The van der Waals surface area contributed by atoms with E-state index in [0.29, 0.717) is 12.1 Å². The summed E-state index contributed by atoms with van der Waals surface area (Å²) in [6.07, 6.45) is 3.04. The lowest BCUT2D eigenvalue weighted by atomic mass is 10.2. The minimum Gasteiger partial charge on any atom is -0.352 e. The number of carbonyl (C=O) groups is 1. The average Bonchev–Trinajstić information content (AvgIpc) is 3.06. The third-order valence-electron chi connectivity index (χ3n) is 4.92. The van der Waals surface area contributed by atoms with Crippen molar-refractivity contribution < 1.29 is 14.3 Å². The van der Waals surface area contributed by atoms with Crippen LogP contribution >= 0.6 is 11.8 Å². The summed E-state index contributed by atoms with van der Waals surface area (Å²) in [4.78, 5) is 19.6. The van der Waals surface area contributed by atoms with Gasteiger partial charge in [-0.2, -0.15) is 0 Å². The summed E-state index contributed by atoms with van der Waals surface area (Å²) in [5.41, 5.74) is 3.86. The molecule has 1 amide bonds. The van der Waals surface area contributed by atoms with Crippen LogP contribution in [0.15, 0.2) is 34.2 Å². The third-order valence-corrected chi connectivity index (χ3v) is 5.92. The minimum atomic E-state index is -0.0142. The molecule has 3 rings (SSSR count). The Kier molecular flexibility index (Phi) is 6.92. The molecule has 7 heteroatoms. The number of hydrogen-bond donors (Lipinski definition) is 3. The highest BCUT2D eigenvalue weighted by molar-refractivity contribution is 8.03. The van der Waals surface area contributed by atoms with Crippen molar-refractivity contribution in [2.24, 2.45) is 0 Å². The van der Waals surface area contributed by atoms with Crippen LogP contribution in [0.2, 0.25) is 0 Å². The number of nitrogens with one attached hydrogen (secondary N) is 3. The van der Waals surface area contributed by atoms with Crippen LogP contribution in [0.1, 0.15) is 40.9 Å². The van der Waals surface area contributed by atoms with E-state index < -0.39 is 0 Å². The van der Waals surface area contributed by atoms with Crippen molar-refractivity contribution in [2.45, 2.75) is 38.6 Å². The number of rotatable bonds is 7. The van der Waals surface area contributed by atoms with Crippen LogP contribution in [0.4, 0.5) is 5.69 Å². The highest BCUT2D eigenvalue weighted by atomic mass is 32.2. The summed E-state index contributed by atoms with van der Waals surface area (Å²) in [5.74, 6) is 0.995. The molecule has 1 aliphatic rings.